The largest absolute Gasteiger partial charge is 1.00 e. The average molecular weight is 512 g/mol. The number of quaternary nitrogens is 1. The molecule has 2 bridgehead atoms. The predicted molar refractivity (Wildman–Crippen MR) is 133 cm³/mol. The number of nitriles is 1. The molecule has 34 heavy (non-hydrogen) atoms. The van der Waals surface area contributed by atoms with Gasteiger partial charge in [0.2, 0.25) is 0 Å². The predicted octanol–water partition coefficient (Wildman–Crippen LogP) is 2.83. The summed E-state index contributed by atoms with van der Waals surface area (Å²) in [6, 6.07) is 34.9. The number of aromatic nitrogens is 1. The quantitative estimate of drug-likeness (QED) is 0.397. The number of hydrogen-bond donors (Lipinski definition) is 1. The van der Waals surface area contributed by atoms with Crippen LogP contribution >= 0.6 is 0 Å². The van der Waals surface area contributed by atoms with Crippen LogP contribution in [0.15, 0.2) is 91.0 Å². The van der Waals surface area contributed by atoms with Gasteiger partial charge in [-0.1, -0.05) is 78.9 Å². The molecule has 1 aromatic heterocycles. The SMILES string of the molecule is N#CC(c1ccccc1)(c1ccccc1)C12CC[N+](CCc3cc4ccccc4[nH]3)(CC1)C2.[Br-]. The molecule has 2 aliphatic rings. The van der Waals surface area contributed by atoms with Crippen molar-refractivity contribution in [1.82, 2.24) is 4.98 Å². The highest BCUT2D eigenvalue weighted by molar-refractivity contribution is 5.80. The van der Waals surface area contributed by atoms with Gasteiger partial charge in [-0.25, -0.2) is 0 Å². The Morgan fingerprint density at radius 2 is 1.44 bits per heavy atom. The van der Waals surface area contributed by atoms with E-state index >= 15 is 0 Å². The van der Waals surface area contributed by atoms with E-state index < -0.39 is 5.41 Å². The second kappa shape index (κ2) is 8.73. The zero-order valence-electron chi connectivity index (χ0n) is 19.4. The van der Waals surface area contributed by atoms with E-state index in [2.05, 4.69) is 102 Å². The minimum atomic E-state index is -0.604. The summed E-state index contributed by atoms with van der Waals surface area (Å²) in [5, 5.41) is 12.2. The third-order valence-electron chi connectivity index (χ3n) is 8.59. The maximum absolute atomic E-state index is 10.9. The second-order valence-corrected chi connectivity index (χ2v) is 10.2. The Morgan fingerprint density at radius 1 is 0.853 bits per heavy atom. The van der Waals surface area contributed by atoms with Crippen molar-refractivity contribution in [1.29, 1.82) is 5.26 Å². The van der Waals surface area contributed by atoms with E-state index in [1.165, 1.54) is 29.7 Å². The molecule has 3 nitrogen and oxygen atoms in total. The van der Waals surface area contributed by atoms with Gasteiger partial charge in [0.25, 0.3) is 0 Å². The molecule has 3 heterocycles. The fourth-order valence-electron chi connectivity index (χ4n) is 6.92. The minimum Gasteiger partial charge on any atom is -1.00 e. The van der Waals surface area contributed by atoms with Gasteiger partial charge in [0.15, 0.2) is 0 Å². The van der Waals surface area contributed by atoms with Gasteiger partial charge in [0, 0.05) is 30.5 Å². The van der Waals surface area contributed by atoms with Crippen LogP contribution in [0.1, 0.15) is 29.7 Å². The van der Waals surface area contributed by atoms with Crippen molar-refractivity contribution in [2.45, 2.75) is 24.7 Å². The van der Waals surface area contributed by atoms with Crippen molar-refractivity contribution < 1.29 is 21.5 Å². The number of halogens is 1. The number of fused-ring (bicyclic) bond motifs is 3. The second-order valence-electron chi connectivity index (χ2n) is 10.2. The molecule has 0 aliphatic carbocycles. The lowest BCUT2D eigenvalue weighted by atomic mass is 9.56. The summed E-state index contributed by atoms with van der Waals surface area (Å²) >= 11 is 0. The lowest BCUT2D eigenvalue weighted by Crippen LogP contribution is -3.00. The molecule has 1 N–H and O–H groups in total. The number of hydrogen-bond acceptors (Lipinski definition) is 1. The van der Waals surface area contributed by atoms with Crippen molar-refractivity contribution >= 4 is 10.9 Å². The van der Waals surface area contributed by atoms with Crippen LogP contribution in [0, 0.1) is 16.7 Å². The third kappa shape index (κ3) is 3.42. The zero-order valence-corrected chi connectivity index (χ0v) is 21.0. The molecule has 4 heteroatoms. The molecule has 0 radical (unpaired) electrons. The van der Waals surface area contributed by atoms with E-state index in [1.807, 2.05) is 0 Å². The summed E-state index contributed by atoms with van der Waals surface area (Å²) in [7, 11) is 0. The summed E-state index contributed by atoms with van der Waals surface area (Å²) in [4.78, 5) is 3.61. The zero-order chi connectivity index (χ0) is 22.4. The van der Waals surface area contributed by atoms with E-state index in [0.717, 1.165) is 48.0 Å². The Bertz CT molecular complexity index is 1240. The molecule has 0 atom stereocenters. The van der Waals surface area contributed by atoms with E-state index in [1.54, 1.807) is 0 Å². The number of nitrogens with one attached hydrogen (secondary N) is 1. The number of para-hydroxylation sites is 1. The van der Waals surface area contributed by atoms with Gasteiger partial charge in [-0.05, 0) is 28.6 Å². The van der Waals surface area contributed by atoms with Crippen LogP contribution < -0.4 is 17.0 Å². The normalized spacial score (nSPS) is 23.5. The first kappa shape index (κ1) is 22.9. The summed E-state index contributed by atoms with van der Waals surface area (Å²) < 4.78 is 1.14. The van der Waals surface area contributed by atoms with E-state index in [9.17, 15) is 5.26 Å². The maximum atomic E-state index is 10.9. The van der Waals surface area contributed by atoms with Gasteiger partial charge in [0.05, 0.1) is 37.7 Å². The van der Waals surface area contributed by atoms with Gasteiger partial charge >= 0.3 is 0 Å². The van der Waals surface area contributed by atoms with Crippen LogP contribution in [0.2, 0.25) is 0 Å². The van der Waals surface area contributed by atoms with Crippen molar-refractivity contribution in [3.05, 3.63) is 108 Å². The van der Waals surface area contributed by atoms with Crippen LogP contribution in [0.5, 0.6) is 0 Å². The molecule has 2 aliphatic heterocycles. The fourth-order valence-corrected chi connectivity index (χ4v) is 6.92. The molecule has 0 saturated carbocycles. The van der Waals surface area contributed by atoms with Gasteiger partial charge in [-0.15, -0.1) is 0 Å². The molecule has 4 aromatic rings. The Labute approximate surface area is 212 Å². The summed E-state index contributed by atoms with van der Waals surface area (Å²) in [6.07, 6.45) is 3.27. The molecular formula is C30H30BrN3. The van der Waals surface area contributed by atoms with Crippen LogP contribution in [0.4, 0.5) is 0 Å². The summed E-state index contributed by atoms with van der Waals surface area (Å²) in [5.74, 6) is 0. The van der Waals surface area contributed by atoms with Crippen molar-refractivity contribution in [3.63, 3.8) is 0 Å². The molecule has 0 unspecified atom stereocenters. The first-order valence-corrected chi connectivity index (χ1v) is 12.1. The highest BCUT2D eigenvalue weighted by Crippen LogP contribution is 2.59. The lowest BCUT2D eigenvalue weighted by Gasteiger charge is -2.41. The van der Waals surface area contributed by atoms with E-state index in [4.69, 9.17) is 0 Å². The monoisotopic (exact) mass is 511 g/mol. The average Bonchev–Trinajstić information content (AvgIpc) is 3.57. The summed E-state index contributed by atoms with van der Waals surface area (Å²) in [6.45, 7) is 4.57. The van der Waals surface area contributed by atoms with Gasteiger partial charge < -0.3 is 26.4 Å². The van der Waals surface area contributed by atoms with Crippen LogP contribution in [-0.2, 0) is 11.8 Å². The van der Waals surface area contributed by atoms with Gasteiger partial charge in [0.1, 0.15) is 5.41 Å². The number of nitrogens with zero attached hydrogens (tertiary/aromatic N) is 2. The Morgan fingerprint density at radius 3 is 2.03 bits per heavy atom. The highest BCUT2D eigenvalue weighted by atomic mass is 79.9. The Balaban J connectivity index is 0.00000241. The smallest absolute Gasteiger partial charge is 0.118 e. The first-order valence-electron chi connectivity index (χ1n) is 12.1. The van der Waals surface area contributed by atoms with Crippen LogP contribution in [-0.4, -0.2) is 35.6 Å². The highest BCUT2D eigenvalue weighted by Gasteiger charge is 2.66. The number of rotatable bonds is 6. The lowest BCUT2D eigenvalue weighted by molar-refractivity contribution is -0.909. The molecule has 3 aromatic carbocycles. The molecule has 2 saturated heterocycles. The molecule has 6 rings (SSSR count). The molecular weight excluding hydrogens is 482 g/mol. The molecule has 0 spiro atoms. The topological polar surface area (TPSA) is 39.6 Å². The number of benzene rings is 3. The van der Waals surface area contributed by atoms with Gasteiger partial charge in [-0.2, -0.15) is 5.26 Å². The van der Waals surface area contributed by atoms with Crippen molar-refractivity contribution in [3.8, 4) is 6.07 Å². The molecule has 172 valence electrons. The van der Waals surface area contributed by atoms with Crippen LogP contribution in [0.3, 0.4) is 0 Å². The number of piperidine rings is 1. The Hall–Kier alpha value is -2.87. The molecule has 0 amide bonds. The van der Waals surface area contributed by atoms with Crippen molar-refractivity contribution in [2.24, 2.45) is 5.41 Å². The van der Waals surface area contributed by atoms with Gasteiger partial charge in [-0.3, -0.25) is 0 Å². The fraction of sp³-hybridized carbons (Fsp3) is 0.300. The Kier molecular flexibility index (Phi) is 5.88. The minimum absolute atomic E-state index is 0. The van der Waals surface area contributed by atoms with Crippen LogP contribution in [0.25, 0.3) is 10.9 Å². The number of aromatic amines is 1. The third-order valence-corrected chi connectivity index (χ3v) is 8.59. The summed E-state index contributed by atoms with van der Waals surface area (Å²) in [5.41, 5.74) is 4.22. The first-order chi connectivity index (χ1) is 16.2. The van der Waals surface area contributed by atoms with E-state index in [-0.39, 0.29) is 22.4 Å². The standard InChI is InChI=1S/C30H30N3.BrH/c31-22-30(25-10-3-1-4-11-25,26-12-5-2-6-13-26)29-16-19-33(23-29,20-17-29)18-15-27-21-24-9-7-8-14-28(24)32-27;/h1-14,21,32H,15-20,23H2;1H/q+1;/p-1. The number of H-pyrrole nitrogens is 1. The molecule has 2 fully saturated rings. The van der Waals surface area contributed by atoms with Crippen molar-refractivity contribution in [2.75, 3.05) is 26.2 Å². The maximum Gasteiger partial charge on any atom is 0.118 e. The van der Waals surface area contributed by atoms with E-state index in [0.29, 0.717) is 0 Å².